The van der Waals surface area contributed by atoms with Gasteiger partial charge in [0.25, 0.3) is 5.56 Å². The Hall–Kier alpha value is -3.32. The van der Waals surface area contributed by atoms with Crippen LogP contribution in [-0.2, 0) is 6.54 Å². The van der Waals surface area contributed by atoms with Crippen molar-refractivity contribution in [3.05, 3.63) is 86.4 Å². The number of aromatic amines is 1. The molecule has 4 aromatic rings. The van der Waals surface area contributed by atoms with E-state index in [-0.39, 0.29) is 17.8 Å². The van der Waals surface area contributed by atoms with Gasteiger partial charge in [-0.15, -0.1) is 0 Å². The summed E-state index contributed by atoms with van der Waals surface area (Å²) in [5.41, 5.74) is 1.54. The van der Waals surface area contributed by atoms with Crippen molar-refractivity contribution in [3.63, 3.8) is 0 Å². The summed E-state index contributed by atoms with van der Waals surface area (Å²) in [6, 6.07) is 12.3. The molecule has 0 spiro atoms. The number of rotatable bonds is 4. The number of nitrogens with zero attached hydrogens (tertiary/aromatic N) is 3. The quantitative estimate of drug-likeness (QED) is 0.550. The van der Waals surface area contributed by atoms with E-state index in [9.17, 15) is 9.59 Å². The maximum absolute atomic E-state index is 13.1. The van der Waals surface area contributed by atoms with Crippen molar-refractivity contribution in [3.8, 4) is 11.4 Å². The van der Waals surface area contributed by atoms with E-state index in [1.165, 1.54) is 21.5 Å². The molecule has 0 saturated carbocycles. The minimum absolute atomic E-state index is 0.250. The van der Waals surface area contributed by atoms with Gasteiger partial charge >= 0.3 is 5.69 Å². The van der Waals surface area contributed by atoms with Crippen LogP contribution in [-0.4, -0.2) is 26.2 Å². The molecule has 3 heterocycles. The van der Waals surface area contributed by atoms with Gasteiger partial charge in [-0.2, -0.15) is 0 Å². The Morgan fingerprint density at radius 3 is 2.56 bits per heavy atom. The molecule has 0 amide bonds. The fourth-order valence-corrected chi connectivity index (χ4v) is 3.14. The summed E-state index contributed by atoms with van der Waals surface area (Å²) in [6.45, 7) is 0.250. The number of H-pyrrole nitrogens is 1. The van der Waals surface area contributed by atoms with Crippen molar-refractivity contribution in [2.75, 3.05) is 7.11 Å². The predicted octanol–water partition coefficient (Wildman–Crippen LogP) is 2.59. The van der Waals surface area contributed by atoms with Crippen LogP contribution in [0.5, 0.6) is 5.75 Å². The number of halogens is 1. The number of methoxy groups -OCH3 is 1. The Morgan fingerprint density at radius 1 is 1.11 bits per heavy atom. The largest absolute Gasteiger partial charge is 0.497 e. The first kappa shape index (κ1) is 17.1. The first-order chi connectivity index (χ1) is 13.1. The maximum atomic E-state index is 13.1. The minimum Gasteiger partial charge on any atom is -0.497 e. The van der Waals surface area contributed by atoms with E-state index in [1.54, 1.807) is 25.3 Å². The van der Waals surface area contributed by atoms with Crippen LogP contribution in [0.2, 0.25) is 5.15 Å². The van der Waals surface area contributed by atoms with Crippen molar-refractivity contribution in [1.29, 1.82) is 0 Å². The van der Waals surface area contributed by atoms with Gasteiger partial charge in [0.2, 0.25) is 0 Å². The second-order valence-electron chi connectivity index (χ2n) is 5.93. The Balaban J connectivity index is 1.92. The zero-order chi connectivity index (χ0) is 19.0. The number of imidazole rings is 1. The van der Waals surface area contributed by atoms with E-state index < -0.39 is 0 Å². The van der Waals surface area contributed by atoms with E-state index in [0.29, 0.717) is 21.9 Å². The summed E-state index contributed by atoms with van der Waals surface area (Å²) in [4.78, 5) is 32.3. The molecule has 0 bridgehead atoms. The molecule has 0 aliphatic heterocycles. The van der Waals surface area contributed by atoms with Crippen molar-refractivity contribution in [1.82, 2.24) is 19.1 Å². The normalized spacial score (nSPS) is 11.0. The van der Waals surface area contributed by atoms with Gasteiger partial charge < -0.3 is 9.72 Å². The molecule has 0 radical (unpaired) electrons. The smallest absolute Gasteiger partial charge is 0.334 e. The highest BCUT2D eigenvalue weighted by Gasteiger charge is 2.17. The lowest BCUT2D eigenvalue weighted by Crippen LogP contribution is -2.25. The monoisotopic (exact) mass is 382 g/mol. The molecule has 136 valence electrons. The number of aromatic nitrogens is 4. The van der Waals surface area contributed by atoms with Crippen molar-refractivity contribution >= 4 is 22.6 Å². The lowest BCUT2D eigenvalue weighted by Gasteiger charge is -2.05. The van der Waals surface area contributed by atoms with E-state index in [1.807, 2.05) is 24.3 Å². The highest BCUT2D eigenvalue weighted by molar-refractivity contribution is 6.29. The molecule has 1 N–H and O–H groups in total. The van der Waals surface area contributed by atoms with E-state index >= 15 is 0 Å². The van der Waals surface area contributed by atoms with E-state index in [2.05, 4.69) is 9.97 Å². The second kappa shape index (κ2) is 6.77. The Kier molecular flexibility index (Phi) is 4.29. The highest BCUT2D eigenvalue weighted by atomic mass is 35.5. The van der Waals surface area contributed by atoms with Gasteiger partial charge in [0.15, 0.2) is 0 Å². The molecule has 3 aromatic heterocycles. The Bertz CT molecular complexity index is 1220. The Morgan fingerprint density at radius 2 is 1.89 bits per heavy atom. The average molecular weight is 383 g/mol. The van der Waals surface area contributed by atoms with Crippen LogP contribution in [0.3, 0.4) is 0 Å². The molecule has 0 atom stereocenters. The first-order valence-corrected chi connectivity index (χ1v) is 8.54. The third kappa shape index (κ3) is 3.02. The molecule has 0 unspecified atom stereocenters. The van der Waals surface area contributed by atoms with Gasteiger partial charge in [0, 0.05) is 6.20 Å². The lowest BCUT2D eigenvalue weighted by atomic mass is 10.2. The topological polar surface area (TPSA) is 81.9 Å². The van der Waals surface area contributed by atoms with Crippen LogP contribution in [0.4, 0.5) is 0 Å². The Labute approximate surface area is 158 Å². The summed E-state index contributed by atoms with van der Waals surface area (Å²) in [5, 5.41) is 0.326. The number of pyridine rings is 2. The number of fused-ring (bicyclic) bond motifs is 1. The van der Waals surface area contributed by atoms with Gasteiger partial charge in [-0.3, -0.25) is 13.9 Å². The van der Waals surface area contributed by atoms with Crippen molar-refractivity contribution in [2.45, 2.75) is 6.54 Å². The van der Waals surface area contributed by atoms with Crippen LogP contribution < -0.4 is 16.0 Å². The molecular weight excluding hydrogens is 368 g/mol. The molecule has 8 heteroatoms. The summed E-state index contributed by atoms with van der Waals surface area (Å²) in [5.74, 6) is 0.721. The van der Waals surface area contributed by atoms with Gasteiger partial charge in [-0.25, -0.2) is 9.78 Å². The number of nitrogens with one attached hydrogen (secondary N) is 1. The van der Waals surface area contributed by atoms with E-state index in [4.69, 9.17) is 16.3 Å². The third-order valence-electron chi connectivity index (χ3n) is 4.32. The minimum atomic E-state index is -0.334. The summed E-state index contributed by atoms with van der Waals surface area (Å²) in [6.07, 6.45) is 3.02. The highest BCUT2D eigenvalue weighted by Crippen LogP contribution is 2.17. The molecule has 0 saturated heterocycles. The molecule has 0 fully saturated rings. The van der Waals surface area contributed by atoms with Crippen molar-refractivity contribution < 1.29 is 4.74 Å². The standard InChI is InChI=1S/C19H15ClN4O3/c1-27-14-5-2-12(3-6-14)11-23-17-15(8-9-21-18(17)25)24(19(23)26)13-4-7-16(20)22-10-13/h2-10H,11H2,1H3,(H,21,25). The van der Waals surface area contributed by atoms with E-state index in [0.717, 1.165) is 11.3 Å². The third-order valence-corrected chi connectivity index (χ3v) is 4.54. The van der Waals surface area contributed by atoms with Gasteiger partial charge in [-0.1, -0.05) is 23.7 Å². The van der Waals surface area contributed by atoms with Gasteiger partial charge in [-0.05, 0) is 35.9 Å². The van der Waals surface area contributed by atoms with Gasteiger partial charge in [0.05, 0.1) is 31.1 Å². The van der Waals surface area contributed by atoms with Crippen LogP contribution in [0, 0.1) is 0 Å². The number of benzene rings is 1. The van der Waals surface area contributed by atoms with Crippen LogP contribution in [0.25, 0.3) is 16.7 Å². The fraction of sp³-hybridized carbons (Fsp3) is 0.105. The van der Waals surface area contributed by atoms with Crippen molar-refractivity contribution in [2.24, 2.45) is 0 Å². The molecular formula is C19H15ClN4O3. The average Bonchev–Trinajstić information content (AvgIpc) is 2.96. The molecule has 1 aromatic carbocycles. The van der Waals surface area contributed by atoms with Crippen LogP contribution in [0.1, 0.15) is 5.56 Å². The predicted molar refractivity (Wildman–Crippen MR) is 103 cm³/mol. The SMILES string of the molecule is COc1ccc(Cn2c(=O)n(-c3ccc(Cl)nc3)c3cc[nH]c(=O)c32)cc1. The number of hydrogen-bond acceptors (Lipinski definition) is 4. The second-order valence-corrected chi connectivity index (χ2v) is 6.32. The molecule has 0 aliphatic rings. The van der Waals surface area contributed by atoms with Crippen LogP contribution >= 0.6 is 11.6 Å². The maximum Gasteiger partial charge on any atom is 0.334 e. The zero-order valence-corrected chi connectivity index (χ0v) is 15.1. The molecule has 0 aliphatic carbocycles. The summed E-state index contributed by atoms with van der Waals surface area (Å²) in [7, 11) is 1.59. The van der Waals surface area contributed by atoms with Gasteiger partial charge in [0.1, 0.15) is 16.4 Å². The number of hydrogen-bond donors (Lipinski definition) is 1. The molecule has 27 heavy (non-hydrogen) atoms. The molecule has 4 rings (SSSR count). The summed E-state index contributed by atoms with van der Waals surface area (Å²) < 4.78 is 8.06. The first-order valence-electron chi connectivity index (χ1n) is 8.16. The molecule has 7 nitrogen and oxygen atoms in total. The number of ether oxygens (including phenoxy) is 1. The lowest BCUT2D eigenvalue weighted by molar-refractivity contribution is 0.414. The van der Waals surface area contributed by atoms with Crippen LogP contribution in [0.15, 0.2) is 64.4 Å². The fourth-order valence-electron chi connectivity index (χ4n) is 3.03. The summed E-state index contributed by atoms with van der Waals surface area (Å²) >= 11 is 5.85. The zero-order valence-electron chi connectivity index (χ0n) is 14.3.